The van der Waals surface area contributed by atoms with Crippen molar-refractivity contribution in [2.45, 2.75) is 83.0 Å². The van der Waals surface area contributed by atoms with Crippen molar-refractivity contribution in [3.8, 4) is 11.3 Å². The summed E-state index contributed by atoms with van der Waals surface area (Å²) in [6, 6.07) is 7.02. The van der Waals surface area contributed by atoms with Gasteiger partial charge in [0.1, 0.15) is 11.6 Å². The van der Waals surface area contributed by atoms with Crippen molar-refractivity contribution < 1.29 is 4.79 Å². The number of hydrogen-bond donors (Lipinski definition) is 1. The van der Waals surface area contributed by atoms with Gasteiger partial charge in [-0.1, -0.05) is 31.9 Å². The second-order valence-electron chi connectivity index (χ2n) is 8.10. The Balaban J connectivity index is 1.29. The first-order valence-corrected chi connectivity index (χ1v) is 10.4. The van der Waals surface area contributed by atoms with Gasteiger partial charge in [-0.15, -0.1) is 0 Å². The monoisotopic (exact) mass is 350 g/mol. The van der Waals surface area contributed by atoms with Gasteiger partial charge in [0.25, 0.3) is 0 Å². The number of carbonyl (C=O) groups is 1. The molecule has 3 heteroatoms. The Morgan fingerprint density at radius 2 is 1.92 bits per heavy atom. The first-order chi connectivity index (χ1) is 12.7. The molecular weight excluding hydrogens is 320 g/mol. The molecule has 2 atom stereocenters. The van der Waals surface area contributed by atoms with Crippen molar-refractivity contribution in [1.82, 2.24) is 9.97 Å². The molecule has 2 aliphatic carbocycles. The van der Waals surface area contributed by atoms with Gasteiger partial charge < -0.3 is 4.98 Å². The quantitative estimate of drug-likeness (QED) is 0.571. The number of aromatic nitrogens is 2. The van der Waals surface area contributed by atoms with Gasteiger partial charge in [-0.2, -0.15) is 0 Å². The van der Waals surface area contributed by atoms with Crippen molar-refractivity contribution >= 4 is 5.78 Å². The summed E-state index contributed by atoms with van der Waals surface area (Å²) in [5.74, 6) is 3.11. The molecule has 26 heavy (non-hydrogen) atoms. The first-order valence-electron chi connectivity index (χ1n) is 10.4. The van der Waals surface area contributed by atoms with E-state index in [1.54, 1.807) is 11.1 Å². The van der Waals surface area contributed by atoms with Gasteiger partial charge in [0.15, 0.2) is 0 Å². The smallest absolute Gasteiger partial charge is 0.132 e. The van der Waals surface area contributed by atoms with E-state index in [1.165, 1.54) is 31.2 Å². The third-order valence-electron chi connectivity index (χ3n) is 6.35. The van der Waals surface area contributed by atoms with Crippen molar-refractivity contribution in [2.75, 3.05) is 0 Å². The lowest BCUT2D eigenvalue weighted by molar-refractivity contribution is -0.118. The van der Waals surface area contributed by atoms with Crippen LogP contribution in [0.1, 0.15) is 93.5 Å². The summed E-state index contributed by atoms with van der Waals surface area (Å²) in [6.07, 6.45) is 13.0. The number of Topliss-reactive ketones (excluding diaryl/α,β-unsaturated/α-hetero) is 1. The molecule has 0 spiro atoms. The van der Waals surface area contributed by atoms with Crippen molar-refractivity contribution in [2.24, 2.45) is 0 Å². The summed E-state index contributed by atoms with van der Waals surface area (Å²) in [5, 5.41) is 0. The molecule has 2 aliphatic rings. The molecule has 4 rings (SSSR count). The summed E-state index contributed by atoms with van der Waals surface area (Å²) in [5.41, 5.74) is 5.63. The van der Waals surface area contributed by atoms with Crippen LogP contribution in [0.2, 0.25) is 0 Å². The molecule has 0 saturated heterocycles. The van der Waals surface area contributed by atoms with Crippen LogP contribution < -0.4 is 0 Å². The third kappa shape index (κ3) is 3.62. The van der Waals surface area contributed by atoms with Crippen LogP contribution in [-0.2, 0) is 11.2 Å². The molecule has 0 amide bonds. The van der Waals surface area contributed by atoms with Crippen LogP contribution in [0, 0.1) is 0 Å². The molecule has 1 fully saturated rings. The molecule has 1 aromatic carbocycles. The number of unbranched alkanes of at least 4 members (excludes halogenated alkanes) is 3. The fraction of sp³-hybridized carbons (Fsp3) is 0.565. The van der Waals surface area contributed by atoms with Crippen molar-refractivity contribution in [1.29, 1.82) is 0 Å². The minimum atomic E-state index is 0.392. The predicted molar refractivity (Wildman–Crippen MR) is 105 cm³/mol. The van der Waals surface area contributed by atoms with Crippen molar-refractivity contribution in [3.05, 3.63) is 41.3 Å². The maximum absolute atomic E-state index is 11.3. The highest BCUT2D eigenvalue weighted by Crippen LogP contribution is 2.53. The Morgan fingerprint density at radius 3 is 2.77 bits per heavy atom. The lowest BCUT2D eigenvalue weighted by Crippen LogP contribution is -1.98. The van der Waals surface area contributed by atoms with Crippen LogP contribution in [0.3, 0.4) is 0 Å². The van der Waals surface area contributed by atoms with Gasteiger partial charge in [0.05, 0.1) is 11.9 Å². The number of carbonyl (C=O) groups excluding carboxylic acids is 1. The summed E-state index contributed by atoms with van der Waals surface area (Å²) >= 11 is 0. The first kappa shape index (κ1) is 17.5. The van der Waals surface area contributed by atoms with Gasteiger partial charge in [-0.3, -0.25) is 4.79 Å². The van der Waals surface area contributed by atoms with E-state index in [1.807, 2.05) is 13.1 Å². The van der Waals surface area contributed by atoms with Gasteiger partial charge >= 0.3 is 0 Å². The number of ketones is 1. The molecule has 1 aromatic heterocycles. The fourth-order valence-electron chi connectivity index (χ4n) is 4.80. The normalized spacial score (nSPS) is 20.5. The van der Waals surface area contributed by atoms with E-state index in [0.29, 0.717) is 12.2 Å². The van der Waals surface area contributed by atoms with E-state index in [-0.39, 0.29) is 0 Å². The molecule has 1 N–H and O–H groups in total. The third-order valence-corrected chi connectivity index (χ3v) is 6.35. The summed E-state index contributed by atoms with van der Waals surface area (Å²) in [4.78, 5) is 19.4. The summed E-state index contributed by atoms with van der Waals surface area (Å²) in [7, 11) is 0. The van der Waals surface area contributed by atoms with E-state index in [0.717, 1.165) is 55.5 Å². The average molecular weight is 351 g/mol. The number of aromatic amines is 1. The zero-order valence-corrected chi connectivity index (χ0v) is 15.9. The largest absolute Gasteiger partial charge is 0.342 e. The fourth-order valence-corrected chi connectivity index (χ4v) is 4.80. The van der Waals surface area contributed by atoms with Crippen LogP contribution in [0.25, 0.3) is 11.3 Å². The Hall–Kier alpha value is -1.90. The molecule has 0 radical (unpaired) electrons. The molecule has 2 aromatic rings. The SMILES string of the molecule is CCC(=O)CCCCCCc1ncc(-c2ccc3c(c2)C2CCC3C2)[nH]1. The highest BCUT2D eigenvalue weighted by atomic mass is 16.1. The van der Waals surface area contributed by atoms with E-state index < -0.39 is 0 Å². The van der Waals surface area contributed by atoms with Crippen LogP contribution in [-0.4, -0.2) is 15.8 Å². The second kappa shape index (κ2) is 7.77. The Morgan fingerprint density at radius 1 is 1.12 bits per heavy atom. The van der Waals surface area contributed by atoms with Crippen LogP contribution in [0.5, 0.6) is 0 Å². The number of nitrogens with one attached hydrogen (secondary N) is 1. The number of imidazole rings is 1. The maximum Gasteiger partial charge on any atom is 0.132 e. The molecule has 138 valence electrons. The minimum absolute atomic E-state index is 0.392. The number of hydrogen-bond acceptors (Lipinski definition) is 2. The number of rotatable bonds is 9. The molecule has 1 heterocycles. The molecule has 2 unspecified atom stereocenters. The number of benzene rings is 1. The van der Waals surface area contributed by atoms with Gasteiger partial charge in [-0.25, -0.2) is 4.98 Å². The Bertz CT molecular complexity index is 776. The summed E-state index contributed by atoms with van der Waals surface area (Å²) in [6.45, 7) is 1.95. The number of nitrogens with zero attached hydrogens (tertiary/aromatic N) is 1. The van der Waals surface area contributed by atoms with E-state index >= 15 is 0 Å². The zero-order chi connectivity index (χ0) is 17.9. The highest BCUT2D eigenvalue weighted by Gasteiger charge is 2.36. The van der Waals surface area contributed by atoms with Crippen LogP contribution >= 0.6 is 0 Å². The predicted octanol–water partition coefficient (Wildman–Crippen LogP) is 5.91. The maximum atomic E-state index is 11.3. The van der Waals surface area contributed by atoms with Crippen molar-refractivity contribution in [3.63, 3.8) is 0 Å². The van der Waals surface area contributed by atoms with E-state index in [2.05, 4.69) is 28.2 Å². The topological polar surface area (TPSA) is 45.8 Å². The molecule has 2 bridgehead atoms. The standard InChI is InChI=1S/C23H30N2O/c1-2-19(26)7-5-3-4-6-8-23-24-15-22(25-23)18-11-12-20-16-9-10-17(13-16)21(20)14-18/h11-12,14-17H,2-10,13H2,1H3,(H,24,25). The second-order valence-corrected chi connectivity index (χ2v) is 8.10. The highest BCUT2D eigenvalue weighted by molar-refractivity contribution is 5.77. The number of aryl methyl sites for hydroxylation is 1. The lowest BCUT2D eigenvalue weighted by Gasteiger charge is -2.15. The zero-order valence-electron chi connectivity index (χ0n) is 15.9. The number of H-pyrrole nitrogens is 1. The Labute approximate surface area is 156 Å². The molecular formula is C23H30N2O. The summed E-state index contributed by atoms with van der Waals surface area (Å²) < 4.78 is 0. The van der Waals surface area contributed by atoms with Gasteiger partial charge in [0.2, 0.25) is 0 Å². The van der Waals surface area contributed by atoms with Crippen LogP contribution in [0.15, 0.2) is 24.4 Å². The molecule has 0 aliphatic heterocycles. The van der Waals surface area contributed by atoms with Gasteiger partial charge in [0, 0.05) is 19.3 Å². The Kier molecular flexibility index (Phi) is 5.23. The van der Waals surface area contributed by atoms with Crippen LogP contribution in [0.4, 0.5) is 0 Å². The minimum Gasteiger partial charge on any atom is -0.342 e. The number of fused-ring (bicyclic) bond motifs is 5. The molecule has 3 nitrogen and oxygen atoms in total. The van der Waals surface area contributed by atoms with Gasteiger partial charge in [-0.05, 0) is 66.7 Å². The van der Waals surface area contributed by atoms with E-state index in [9.17, 15) is 4.79 Å². The van der Waals surface area contributed by atoms with E-state index in [4.69, 9.17) is 0 Å². The molecule has 1 saturated carbocycles. The average Bonchev–Trinajstić information content (AvgIpc) is 3.40. The lowest BCUT2D eigenvalue weighted by atomic mass is 9.90.